The van der Waals surface area contributed by atoms with Gasteiger partial charge in [-0.1, -0.05) is 66.7 Å². The minimum absolute atomic E-state index is 0.604. The summed E-state index contributed by atoms with van der Waals surface area (Å²) in [4.78, 5) is 0. The molecule has 0 heterocycles. The van der Waals surface area contributed by atoms with Crippen molar-refractivity contribution in [3.05, 3.63) is 84.4 Å². The smallest absolute Gasteiger partial charge is 0.166 e. The van der Waals surface area contributed by atoms with E-state index in [1.54, 1.807) is 12.1 Å². The number of alkyl halides is 3. The molecule has 5 aromatic carbocycles. The maximum Gasteiger partial charge on any atom is 0.416 e. The molecule has 0 spiro atoms. The Morgan fingerprint density at radius 1 is 0.500 bits per heavy atom. The van der Waals surface area contributed by atoms with Gasteiger partial charge >= 0.3 is 6.18 Å². The highest BCUT2D eigenvalue weighted by molar-refractivity contribution is 6.31. The van der Waals surface area contributed by atoms with Crippen molar-refractivity contribution >= 4 is 43.1 Å². The van der Waals surface area contributed by atoms with Crippen molar-refractivity contribution in [2.45, 2.75) is 6.18 Å². The maximum absolute atomic E-state index is 13.1. The Morgan fingerprint density at radius 3 is 1.62 bits per heavy atom. The number of benzene rings is 5. The Hall–Kier alpha value is -3.07. The first-order valence-corrected chi connectivity index (χ1v) is 8.37. The van der Waals surface area contributed by atoms with E-state index in [9.17, 15) is 13.2 Å². The number of fused-ring (bicyclic) bond motifs is 8. The van der Waals surface area contributed by atoms with E-state index >= 15 is 0 Å². The van der Waals surface area contributed by atoms with Gasteiger partial charge in [-0.15, -0.1) is 0 Å². The molecule has 0 nitrogen and oxygen atoms in total. The molecule has 0 aromatic heterocycles. The summed E-state index contributed by atoms with van der Waals surface area (Å²) in [5.41, 5.74) is -0.616. The molecule has 0 N–H and O–H groups in total. The van der Waals surface area contributed by atoms with Crippen LogP contribution in [-0.4, -0.2) is 0 Å². The average molecular weight is 346 g/mol. The van der Waals surface area contributed by atoms with E-state index in [1.165, 1.54) is 12.1 Å². The van der Waals surface area contributed by atoms with E-state index < -0.39 is 11.7 Å². The lowest BCUT2D eigenvalue weighted by molar-refractivity contribution is -0.137. The largest absolute Gasteiger partial charge is 0.416 e. The Kier molecular flexibility index (Phi) is 3.05. The van der Waals surface area contributed by atoms with Gasteiger partial charge in [-0.25, -0.2) is 0 Å². The first-order chi connectivity index (χ1) is 12.5. The fourth-order valence-electron chi connectivity index (χ4n) is 3.91. The Morgan fingerprint density at radius 2 is 1.00 bits per heavy atom. The Labute approximate surface area is 147 Å². The molecule has 0 saturated carbocycles. The molecule has 5 rings (SSSR count). The number of hydrogen-bond donors (Lipinski definition) is 0. The summed E-state index contributed by atoms with van der Waals surface area (Å²) in [5, 5.41) is 7.96. The lowest BCUT2D eigenvalue weighted by Gasteiger charge is -2.14. The standard InChI is InChI=1S/C23H13F3/c24-23(25,26)15-10-12-16-14(13-15)9-11-21-19-7-2-1-5-17(19)18-6-3-4-8-20(18)22(16)21/h1-13H. The van der Waals surface area contributed by atoms with Crippen LogP contribution in [0.15, 0.2) is 78.9 Å². The summed E-state index contributed by atoms with van der Waals surface area (Å²) >= 11 is 0. The molecule has 3 heteroatoms. The van der Waals surface area contributed by atoms with Gasteiger partial charge in [0.2, 0.25) is 0 Å². The van der Waals surface area contributed by atoms with Crippen molar-refractivity contribution in [3.8, 4) is 0 Å². The molecule has 0 bridgehead atoms. The van der Waals surface area contributed by atoms with Gasteiger partial charge in [0, 0.05) is 0 Å². The summed E-state index contributed by atoms with van der Waals surface area (Å²) < 4.78 is 39.3. The van der Waals surface area contributed by atoms with Crippen LogP contribution < -0.4 is 0 Å². The summed E-state index contributed by atoms with van der Waals surface area (Å²) in [6, 6.07) is 24.0. The minimum Gasteiger partial charge on any atom is -0.166 e. The van der Waals surface area contributed by atoms with E-state index in [4.69, 9.17) is 0 Å². The van der Waals surface area contributed by atoms with Crippen LogP contribution >= 0.6 is 0 Å². The van der Waals surface area contributed by atoms with Gasteiger partial charge in [-0.05, 0) is 55.2 Å². The second-order valence-electron chi connectivity index (χ2n) is 6.51. The van der Waals surface area contributed by atoms with E-state index in [2.05, 4.69) is 18.2 Å². The highest BCUT2D eigenvalue weighted by Gasteiger charge is 2.30. The topological polar surface area (TPSA) is 0 Å². The van der Waals surface area contributed by atoms with E-state index in [1.807, 2.05) is 36.4 Å². The van der Waals surface area contributed by atoms with Crippen LogP contribution in [0.25, 0.3) is 43.1 Å². The molecule has 0 aliphatic carbocycles. The summed E-state index contributed by atoms with van der Waals surface area (Å²) in [7, 11) is 0. The third kappa shape index (κ3) is 2.10. The molecule has 0 fully saturated rings. The highest BCUT2D eigenvalue weighted by atomic mass is 19.4. The van der Waals surface area contributed by atoms with Gasteiger partial charge in [-0.2, -0.15) is 13.2 Å². The lowest BCUT2D eigenvalue weighted by Crippen LogP contribution is -2.04. The molecule has 126 valence electrons. The molecule has 0 amide bonds. The molecule has 26 heavy (non-hydrogen) atoms. The third-order valence-corrected chi connectivity index (χ3v) is 5.05. The SMILES string of the molecule is FC(F)(F)c1ccc2c(ccc3c4ccccc4c4ccccc4c23)c1. The molecule has 5 aromatic rings. The first kappa shape index (κ1) is 15.2. The van der Waals surface area contributed by atoms with Crippen molar-refractivity contribution in [1.29, 1.82) is 0 Å². The van der Waals surface area contributed by atoms with Crippen LogP contribution in [0.4, 0.5) is 13.2 Å². The minimum atomic E-state index is -4.34. The van der Waals surface area contributed by atoms with Crippen LogP contribution in [0, 0.1) is 0 Å². The number of halogens is 3. The van der Waals surface area contributed by atoms with Crippen LogP contribution in [0.3, 0.4) is 0 Å². The molecule has 0 unspecified atom stereocenters. The van der Waals surface area contributed by atoms with Crippen molar-refractivity contribution in [2.24, 2.45) is 0 Å². The van der Waals surface area contributed by atoms with Crippen molar-refractivity contribution in [1.82, 2.24) is 0 Å². The Balaban J connectivity index is 2.04. The van der Waals surface area contributed by atoms with Crippen molar-refractivity contribution < 1.29 is 13.2 Å². The van der Waals surface area contributed by atoms with Gasteiger partial charge in [-0.3, -0.25) is 0 Å². The number of rotatable bonds is 0. The van der Waals surface area contributed by atoms with Gasteiger partial charge in [0.15, 0.2) is 0 Å². The van der Waals surface area contributed by atoms with E-state index in [0.29, 0.717) is 5.39 Å². The zero-order chi connectivity index (χ0) is 17.9. The number of hydrogen-bond acceptors (Lipinski definition) is 0. The zero-order valence-electron chi connectivity index (χ0n) is 13.6. The van der Waals surface area contributed by atoms with E-state index in [0.717, 1.165) is 37.7 Å². The third-order valence-electron chi connectivity index (χ3n) is 5.05. The summed E-state index contributed by atoms with van der Waals surface area (Å²) in [6.45, 7) is 0. The molecular weight excluding hydrogens is 333 g/mol. The van der Waals surface area contributed by atoms with Gasteiger partial charge in [0.05, 0.1) is 5.56 Å². The van der Waals surface area contributed by atoms with Crippen molar-refractivity contribution in [2.75, 3.05) is 0 Å². The van der Waals surface area contributed by atoms with Gasteiger partial charge in [0.1, 0.15) is 0 Å². The first-order valence-electron chi connectivity index (χ1n) is 8.37. The maximum atomic E-state index is 13.1. The predicted molar refractivity (Wildman–Crippen MR) is 101 cm³/mol. The van der Waals surface area contributed by atoms with Crippen LogP contribution in [0.5, 0.6) is 0 Å². The normalized spacial score (nSPS) is 12.4. The Bertz CT molecular complexity index is 1280. The fourth-order valence-corrected chi connectivity index (χ4v) is 3.91. The van der Waals surface area contributed by atoms with Crippen LogP contribution in [0.2, 0.25) is 0 Å². The zero-order valence-corrected chi connectivity index (χ0v) is 13.6. The summed E-state index contributed by atoms with van der Waals surface area (Å²) in [6.07, 6.45) is -4.34. The van der Waals surface area contributed by atoms with Crippen LogP contribution in [-0.2, 0) is 6.18 Å². The predicted octanol–water partition coefficient (Wildman–Crippen LogP) is 7.32. The van der Waals surface area contributed by atoms with Crippen LogP contribution in [0.1, 0.15) is 5.56 Å². The fraction of sp³-hybridized carbons (Fsp3) is 0.0435. The van der Waals surface area contributed by atoms with Gasteiger partial charge in [0.25, 0.3) is 0 Å². The molecular formula is C23H13F3. The lowest BCUT2D eigenvalue weighted by atomic mass is 9.91. The monoisotopic (exact) mass is 346 g/mol. The quantitative estimate of drug-likeness (QED) is 0.258. The van der Waals surface area contributed by atoms with E-state index in [-0.39, 0.29) is 0 Å². The molecule has 0 aliphatic heterocycles. The van der Waals surface area contributed by atoms with Crippen molar-refractivity contribution in [3.63, 3.8) is 0 Å². The molecule has 0 radical (unpaired) electrons. The second kappa shape index (κ2) is 5.21. The molecule has 0 saturated heterocycles. The second-order valence-corrected chi connectivity index (χ2v) is 6.51. The average Bonchev–Trinajstić information content (AvgIpc) is 2.66. The van der Waals surface area contributed by atoms with Gasteiger partial charge < -0.3 is 0 Å². The molecule has 0 atom stereocenters. The molecule has 0 aliphatic rings. The highest BCUT2D eigenvalue weighted by Crippen LogP contribution is 2.40. The summed E-state index contributed by atoms with van der Waals surface area (Å²) in [5.74, 6) is 0.